The third-order valence-electron chi connectivity index (χ3n) is 2.97. The normalized spacial score (nSPS) is 18.6. The van der Waals surface area contributed by atoms with Crippen molar-refractivity contribution in [3.8, 4) is 11.5 Å². The SMILES string of the molecule is COc1cccc(O)c1C(=O)NCC1CCCO1. The lowest BCUT2D eigenvalue weighted by atomic mass is 10.1. The van der Waals surface area contributed by atoms with Gasteiger partial charge in [-0.3, -0.25) is 4.79 Å². The molecule has 18 heavy (non-hydrogen) atoms. The molecule has 1 aliphatic heterocycles. The van der Waals surface area contributed by atoms with Crippen LogP contribution in [0.4, 0.5) is 0 Å². The molecule has 1 unspecified atom stereocenters. The van der Waals surface area contributed by atoms with Gasteiger partial charge in [0.2, 0.25) is 0 Å². The van der Waals surface area contributed by atoms with E-state index in [-0.39, 0.29) is 23.3 Å². The van der Waals surface area contributed by atoms with Crippen molar-refractivity contribution in [2.45, 2.75) is 18.9 Å². The number of ether oxygens (including phenoxy) is 2. The van der Waals surface area contributed by atoms with E-state index in [0.29, 0.717) is 12.3 Å². The first kappa shape index (κ1) is 12.7. The van der Waals surface area contributed by atoms with Gasteiger partial charge in [-0.15, -0.1) is 0 Å². The maximum Gasteiger partial charge on any atom is 0.258 e. The first-order chi connectivity index (χ1) is 8.72. The molecule has 0 radical (unpaired) electrons. The van der Waals surface area contributed by atoms with Crippen LogP contribution in [0, 0.1) is 0 Å². The Labute approximate surface area is 106 Å². The summed E-state index contributed by atoms with van der Waals surface area (Å²) in [4.78, 5) is 12.0. The molecule has 0 spiro atoms. The van der Waals surface area contributed by atoms with Crippen LogP contribution in [-0.4, -0.2) is 37.4 Å². The van der Waals surface area contributed by atoms with E-state index in [1.165, 1.54) is 13.2 Å². The molecular formula is C13H17NO4. The van der Waals surface area contributed by atoms with Crippen molar-refractivity contribution >= 4 is 5.91 Å². The molecule has 0 bridgehead atoms. The second kappa shape index (κ2) is 5.73. The topological polar surface area (TPSA) is 67.8 Å². The van der Waals surface area contributed by atoms with Crippen LogP contribution in [0.5, 0.6) is 11.5 Å². The molecule has 0 aromatic heterocycles. The summed E-state index contributed by atoms with van der Waals surface area (Å²) < 4.78 is 10.5. The van der Waals surface area contributed by atoms with E-state index in [1.54, 1.807) is 12.1 Å². The van der Waals surface area contributed by atoms with Gasteiger partial charge in [-0.05, 0) is 25.0 Å². The van der Waals surface area contributed by atoms with Gasteiger partial charge < -0.3 is 19.9 Å². The summed E-state index contributed by atoms with van der Waals surface area (Å²) in [6.07, 6.45) is 2.06. The molecule has 5 nitrogen and oxygen atoms in total. The van der Waals surface area contributed by atoms with Crippen LogP contribution in [0.25, 0.3) is 0 Å². The van der Waals surface area contributed by atoms with E-state index in [4.69, 9.17) is 9.47 Å². The summed E-state index contributed by atoms with van der Waals surface area (Å²) in [7, 11) is 1.46. The van der Waals surface area contributed by atoms with Gasteiger partial charge in [0.05, 0.1) is 13.2 Å². The lowest BCUT2D eigenvalue weighted by Gasteiger charge is -2.13. The quantitative estimate of drug-likeness (QED) is 0.846. The average Bonchev–Trinajstić information content (AvgIpc) is 2.88. The lowest BCUT2D eigenvalue weighted by Crippen LogP contribution is -2.32. The van der Waals surface area contributed by atoms with E-state index in [2.05, 4.69) is 5.32 Å². The van der Waals surface area contributed by atoms with E-state index in [1.807, 2.05) is 0 Å². The van der Waals surface area contributed by atoms with Gasteiger partial charge in [-0.1, -0.05) is 6.07 Å². The zero-order valence-corrected chi connectivity index (χ0v) is 10.3. The number of hydrogen-bond donors (Lipinski definition) is 2. The number of aromatic hydroxyl groups is 1. The van der Waals surface area contributed by atoms with E-state index >= 15 is 0 Å². The third kappa shape index (κ3) is 2.73. The van der Waals surface area contributed by atoms with E-state index in [9.17, 15) is 9.90 Å². The molecule has 1 heterocycles. The standard InChI is InChI=1S/C13H17NO4/c1-17-11-6-2-5-10(15)12(11)13(16)14-8-9-4-3-7-18-9/h2,5-6,9,15H,3-4,7-8H2,1H3,(H,14,16). The number of rotatable bonds is 4. The van der Waals surface area contributed by atoms with Crippen molar-refractivity contribution in [1.29, 1.82) is 0 Å². The number of benzene rings is 1. The molecule has 98 valence electrons. The Balaban J connectivity index is 2.03. The number of methoxy groups -OCH3 is 1. The highest BCUT2D eigenvalue weighted by Gasteiger charge is 2.20. The number of carbonyl (C=O) groups is 1. The fraction of sp³-hybridized carbons (Fsp3) is 0.462. The molecule has 2 N–H and O–H groups in total. The number of phenols is 1. The molecule has 1 aromatic rings. The summed E-state index contributed by atoms with van der Waals surface area (Å²) in [5, 5.41) is 12.5. The molecule has 1 saturated heterocycles. The summed E-state index contributed by atoms with van der Waals surface area (Å²) in [6, 6.07) is 4.73. The molecule has 1 amide bonds. The van der Waals surface area contributed by atoms with Crippen molar-refractivity contribution in [2.75, 3.05) is 20.3 Å². The Morgan fingerprint density at radius 3 is 3.11 bits per heavy atom. The third-order valence-corrected chi connectivity index (χ3v) is 2.97. The van der Waals surface area contributed by atoms with E-state index in [0.717, 1.165) is 19.4 Å². The average molecular weight is 251 g/mol. The zero-order valence-electron chi connectivity index (χ0n) is 10.3. The molecule has 0 saturated carbocycles. The number of amides is 1. The zero-order chi connectivity index (χ0) is 13.0. The fourth-order valence-corrected chi connectivity index (χ4v) is 2.02. The number of hydrogen-bond acceptors (Lipinski definition) is 4. The second-order valence-electron chi connectivity index (χ2n) is 4.20. The maximum absolute atomic E-state index is 12.0. The maximum atomic E-state index is 12.0. The minimum absolute atomic E-state index is 0.0748. The molecule has 1 aromatic carbocycles. The van der Waals surface area contributed by atoms with Crippen LogP contribution in [0.1, 0.15) is 23.2 Å². The predicted octanol–water partition coefficient (Wildman–Crippen LogP) is 1.31. The fourth-order valence-electron chi connectivity index (χ4n) is 2.02. The molecule has 5 heteroatoms. The minimum atomic E-state index is -0.347. The van der Waals surface area contributed by atoms with Crippen LogP contribution < -0.4 is 10.1 Å². The lowest BCUT2D eigenvalue weighted by molar-refractivity contribution is 0.0853. The van der Waals surface area contributed by atoms with Crippen molar-refractivity contribution < 1.29 is 19.4 Å². The Hall–Kier alpha value is -1.75. The van der Waals surface area contributed by atoms with Gasteiger partial charge >= 0.3 is 0 Å². The highest BCUT2D eigenvalue weighted by molar-refractivity contribution is 5.99. The number of nitrogens with one attached hydrogen (secondary N) is 1. The molecule has 2 rings (SSSR count). The smallest absolute Gasteiger partial charge is 0.258 e. The van der Waals surface area contributed by atoms with Crippen LogP contribution in [0.3, 0.4) is 0 Å². The molecule has 1 aliphatic rings. The van der Waals surface area contributed by atoms with Gasteiger partial charge in [0, 0.05) is 13.2 Å². The first-order valence-corrected chi connectivity index (χ1v) is 5.98. The number of phenolic OH excluding ortho intramolecular Hbond substituents is 1. The Kier molecular flexibility index (Phi) is 4.04. The van der Waals surface area contributed by atoms with Crippen molar-refractivity contribution in [1.82, 2.24) is 5.32 Å². The van der Waals surface area contributed by atoms with Gasteiger partial charge in [0.15, 0.2) is 0 Å². The van der Waals surface area contributed by atoms with Crippen LogP contribution in [0.2, 0.25) is 0 Å². The predicted molar refractivity (Wildman–Crippen MR) is 66.0 cm³/mol. The van der Waals surface area contributed by atoms with Gasteiger partial charge in [-0.2, -0.15) is 0 Å². The Morgan fingerprint density at radius 2 is 2.44 bits per heavy atom. The van der Waals surface area contributed by atoms with E-state index < -0.39 is 0 Å². The molecular weight excluding hydrogens is 234 g/mol. The molecule has 0 aliphatic carbocycles. The Morgan fingerprint density at radius 1 is 1.61 bits per heavy atom. The van der Waals surface area contributed by atoms with Crippen LogP contribution in [-0.2, 0) is 4.74 Å². The van der Waals surface area contributed by atoms with Crippen LogP contribution in [0.15, 0.2) is 18.2 Å². The molecule has 1 atom stereocenters. The van der Waals surface area contributed by atoms with Crippen molar-refractivity contribution in [3.05, 3.63) is 23.8 Å². The highest BCUT2D eigenvalue weighted by Crippen LogP contribution is 2.27. The monoisotopic (exact) mass is 251 g/mol. The van der Waals surface area contributed by atoms with Gasteiger partial charge in [-0.25, -0.2) is 0 Å². The van der Waals surface area contributed by atoms with Gasteiger partial charge in [0.1, 0.15) is 17.1 Å². The summed E-state index contributed by atoms with van der Waals surface area (Å²) in [5.74, 6) is -0.0699. The Bertz CT molecular complexity index is 427. The number of carbonyl (C=O) groups excluding carboxylic acids is 1. The van der Waals surface area contributed by atoms with Crippen LogP contribution >= 0.6 is 0 Å². The first-order valence-electron chi connectivity index (χ1n) is 5.98. The summed E-state index contributed by atoms with van der Waals surface area (Å²) in [6.45, 7) is 1.21. The van der Waals surface area contributed by atoms with Gasteiger partial charge in [0.25, 0.3) is 5.91 Å². The summed E-state index contributed by atoms with van der Waals surface area (Å²) in [5.41, 5.74) is 0.165. The largest absolute Gasteiger partial charge is 0.507 e. The molecule has 1 fully saturated rings. The van der Waals surface area contributed by atoms with Crippen molar-refractivity contribution in [2.24, 2.45) is 0 Å². The minimum Gasteiger partial charge on any atom is -0.507 e. The van der Waals surface area contributed by atoms with Crippen molar-refractivity contribution in [3.63, 3.8) is 0 Å². The second-order valence-corrected chi connectivity index (χ2v) is 4.20. The summed E-state index contributed by atoms with van der Waals surface area (Å²) >= 11 is 0. The highest BCUT2D eigenvalue weighted by atomic mass is 16.5.